The van der Waals surface area contributed by atoms with Crippen molar-refractivity contribution in [3.63, 3.8) is 0 Å². The average Bonchev–Trinajstić information content (AvgIpc) is 3.61. The summed E-state index contributed by atoms with van der Waals surface area (Å²) in [6.45, 7) is 11.6. The molecule has 2 aliphatic heterocycles. The summed E-state index contributed by atoms with van der Waals surface area (Å²) in [5, 5.41) is 51.5. The van der Waals surface area contributed by atoms with Crippen molar-refractivity contribution in [1.29, 1.82) is 0 Å². The third-order valence-corrected chi connectivity index (χ3v) is 7.79. The first-order valence-electron chi connectivity index (χ1n) is 14.0. The molecule has 10 nitrogen and oxygen atoms in total. The molecule has 228 valence electrons. The third kappa shape index (κ3) is 9.78. The largest absolute Gasteiger partial charge is 0.457 e. The van der Waals surface area contributed by atoms with Crippen LogP contribution in [0.15, 0.2) is 36.0 Å². The Morgan fingerprint density at radius 1 is 1.20 bits per heavy atom. The summed E-state index contributed by atoms with van der Waals surface area (Å²) in [6.07, 6.45) is 2.59. The lowest BCUT2D eigenvalue weighted by Gasteiger charge is -2.36. The van der Waals surface area contributed by atoms with Crippen molar-refractivity contribution in [3.8, 4) is 0 Å². The summed E-state index contributed by atoms with van der Waals surface area (Å²) in [5.74, 6) is -1.68. The lowest BCUT2D eigenvalue weighted by Crippen LogP contribution is -2.52. The van der Waals surface area contributed by atoms with E-state index in [1.165, 1.54) is 19.9 Å². The topological polar surface area (TPSA) is 166 Å². The first-order valence-corrected chi connectivity index (χ1v) is 14.0. The van der Waals surface area contributed by atoms with Crippen LogP contribution in [0.5, 0.6) is 0 Å². The molecule has 12 unspecified atom stereocenters. The van der Waals surface area contributed by atoms with Crippen molar-refractivity contribution in [3.05, 3.63) is 36.0 Å². The molecule has 2 rings (SSSR count). The minimum atomic E-state index is -1.90. The standard InChI is InChI=1S/C30H48O10/c1-16(13-23-29(39-23)19(4)27(36)20(5)31)9-8-10-17(2)28-18(3)11-12-25(38-21(6)32)30(7,37)24(34)14-22(33)15-26(35)40-28/h8-12,16,18-20,22-25,27-29,31,33-34,36-37H,13-15H2,1-7H3/b9-8+,12-11+,17-10+. The zero-order valence-electron chi connectivity index (χ0n) is 24.6. The molecule has 0 radical (unpaired) electrons. The minimum Gasteiger partial charge on any atom is -0.457 e. The van der Waals surface area contributed by atoms with Gasteiger partial charge in [0.2, 0.25) is 0 Å². The maximum atomic E-state index is 12.6. The fourth-order valence-electron chi connectivity index (χ4n) is 5.05. The molecule has 0 spiro atoms. The van der Waals surface area contributed by atoms with Gasteiger partial charge in [-0.15, -0.1) is 0 Å². The highest BCUT2D eigenvalue weighted by Crippen LogP contribution is 2.36. The van der Waals surface area contributed by atoms with Crippen LogP contribution in [0.2, 0.25) is 0 Å². The van der Waals surface area contributed by atoms with E-state index in [0.717, 1.165) is 12.0 Å². The monoisotopic (exact) mass is 568 g/mol. The number of carbonyl (C=O) groups is 2. The third-order valence-electron chi connectivity index (χ3n) is 7.79. The quantitative estimate of drug-likeness (QED) is 0.120. The van der Waals surface area contributed by atoms with Gasteiger partial charge in [0.25, 0.3) is 0 Å². The summed E-state index contributed by atoms with van der Waals surface area (Å²) in [7, 11) is 0. The molecule has 2 aliphatic rings. The number of carbonyl (C=O) groups excluding carboxylic acids is 2. The number of rotatable bonds is 9. The van der Waals surface area contributed by atoms with Crippen LogP contribution in [-0.4, -0.2) is 91.9 Å². The number of epoxide rings is 1. The fraction of sp³-hybridized carbons (Fsp3) is 0.733. The summed E-state index contributed by atoms with van der Waals surface area (Å²) < 4.78 is 16.7. The van der Waals surface area contributed by atoms with Crippen molar-refractivity contribution in [2.45, 2.75) is 122 Å². The smallest absolute Gasteiger partial charge is 0.309 e. The molecule has 0 aromatic rings. The molecular weight excluding hydrogens is 520 g/mol. The minimum absolute atomic E-state index is 0.0119. The average molecular weight is 569 g/mol. The van der Waals surface area contributed by atoms with E-state index >= 15 is 0 Å². The van der Waals surface area contributed by atoms with E-state index in [-0.39, 0.29) is 36.9 Å². The summed E-state index contributed by atoms with van der Waals surface area (Å²) in [6, 6.07) is 0. The maximum Gasteiger partial charge on any atom is 0.309 e. The predicted octanol–water partition coefficient (Wildman–Crippen LogP) is 1.96. The lowest BCUT2D eigenvalue weighted by molar-refractivity contribution is -0.172. The Balaban J connectivity index is 2.15. The molecule has 0 aromatic carbocycles. The van der Waals surface area contributed by atoms with Crippen LogP contribution in [0, 0.1) is 17.8 Å². The molecule has 1 saturated heterocycles. The molecule has 0 aromatic heterocycles. The molecule has 10 heteroatoms. The summed E-state index contributed by atoms with van der Waals surface area (Å²) in [4.78, 5) is 24.3. The van der Waals surface area contributed by atoms with Gasteiger partial charge in [0, 0.05) is 25.2 Å². The first-order chi connectivity index (χ1) is 18.5. The van der Waals surface area contributed by atoms with E-state index in [1.54, 1.807) is 13.0 Å². The number of cyclic esters (lactones) is 1. The van der Waals surface area contributed by atoms with Crippen molar-refractivity contribution >= 4 is 11.9 Å². The highest BCUT2D eigenvalue weighted by molar-refractivity contribution is 5.70. The first kappa shape index (κ1) is 34.1. The Hall–Kier alpha value is -2.08. The zero-order valence-corrected chi connectivity index (χ0v) is 24.6. The zero-order chi connectivity index (χ0) is 30.4. The maximum absolute atomic E-state index is 12.6. The second-order valence-corrected chi connectivity index (χ2v) is 11.8. The number of allylic oxidation sites excluding steroid dienone is 3. The number of esters is 2. The van der Waals surface area contributed by atoms with Crippen molar-refractivity contribution in [2.24, 2.45) is 17.8 Å². The van der Waals surface area contributed by atoms with Gasteiger partial charge in [-0.2, -0.15) is 0 Å². The summed E-state index contributed by atoms with van der Waals surface area (Å²) >= 11 is 0. The molecule has 2 heterocycles. The Morgan fingerprint density at radius 2 is 1.85 bits per heavy atom. The molecule has 0 saturated carbocycles. The van der Waals surface area contributed by atoms with Gasteiger partial charge in [0.15, 0.2) is 6.10 Å². The molecule has 1 fully saturated rings. The van der Waals surface area contributed by atoms with Gasteiger partial charge in [-0.1, -0.05) is 45.1 Å². The highest BCUT2D eigenvalue weighted by atomic mass is 16.6. The van der Waals surface area contributed by atoms with Crippen LogP contribution >= 0.6 is 0 Å². The van der Waals surface area contributed by atoms with Gasteiger partial charge in [0.05, 0.1) is 43.0 Å². The highest BCUT2D eigenvalue weighted by Gasteiger charge is 2.46. The van der Waals surface area contributed by atoms with Crippen molar-refractivity contribution < 1.29 is 49.3 Å². The van der Waals surface area contributed by atoms with Crippen LogP contribution in [0.1, 0.15) is 67.7 Å². The molecule has 0 bridgehead atoms. The molecule has 5 N–H and O–H groups in total. The van der Waals surface area contributed by atoms with Gasteiger partial charge in [-0.3, -0.25) is 9.59 Å². The Labute approximate surface area is 237 Å². The van der Waals surface area contributed by atoms with Gasteiger partial charge in [0.1, 0.15) is 11.7 Å². The molecular formula is C30H48O10. The normalized spacial score (nSPS) is 37.9. The predicted molar refractivity (Wildman–Crippen MR) is 148 cm³/mol. The van der Waals surface area contributed by atoms with E-state index in [2.05, 4.69) is 0 Å². The fourth-order valence-corrected chi connectivity index (χ4v) is 5.05. The molecule has 0 aliphatic carbocycles. The number of hydrogen-bond acceptors (Lipinski definition) is 10. The Bertz CT molecular complexity index is 939. The van der Waals surface area contributed by atoms with Crippen LogP contribution in [0.25, 0.3) is 0 Å². The number of aliphatic hydroxyl groups is 5. The Kier molecular flexibility index (Phi) is 12.5. The van der Waals surface area contributed by atoms with Crippen LogP contribution in [-0.2, 0) is 23.8 Å². The number of ether oxygens (including phenoxy) is 3. The SMILES string of the molecule is CC(=O)OC1/C=C/C(C)C(/C(C)=C/C=C/C(C)CC2OC2C(C)C(O)C(C)O)OC(=O)CC(O)CC(O)C1(C)O. The number of hydrogen-bond donors (Lipinski definition) is 5. The van der Waals surface area contributed by atoms with Gasteiger partial charge < -0.3 is 39.7 Å². The second-order valence-electron chi connectivity index (χ2n) is 11.8. The van der Waals surface area contributed by atoms with Crippen LogP contribution in [0.3, 0.4) is 0 Å². The van der Waals surface area contributed by atoms with Crippen molar-refractivity contribution in [1.82, 2.24) is 0 Å². The summed E-state index contributed by atoms with van der Waals surface area (Å²) in [5.41, 5.74) is -1.16. The van der Waals surface area contributed by atoms with E-state index < -0.39 is 60.1 Å². The number of aliphatic hydroxyl groups excluding tert-OH is 4. The van der Waals surface area contributed by atoms with Gasteiger partial charge in [-0.25, -0.2) is 0 Å². The van der Waals surface area contributed by atoms with Crippen LogP contribution < -0.4 is 0 Å². The van der Waals surface area contributed by atoms with Crippen molar-refractivity contribution in [2.75, 3.05) is 0 Å². The molecule has 12 atom stereocenters. The van der Waals surface area contributed by atoms with E-state index in [9.17, 15) is 35.1 Å². The second kappa shape index (κ2) is 14.7. The van der Waals surface area contributed by atoms with E-state index in [1.807, 2.05) is 45.9 Å². The van der Waals surface area contributed by atoms with Gasteiger partial charge >= 0.3 is 11.9 Å². The molecule has 40 heavy (non-hydrogen) atoms. The van der Waals surface area contributed by atoms with Gasteiger partial charge in [-0.05, 0) is 44.8 Å². The Morgan fingerprint density at radius 3 is 2.45 bits per heavy atom. The molecule has 0 amide bonds. The van der Waals surface area contributed by atoms with E-state index in [0.29, 0.717) is 0 Å². The van der Waals surface area contributed by atoms with Crippen LogP contribution in [0.4, 0.5) is 0 Å². The lowest BCUT2D eigenvalue weighted by atomic mass is 9.86. The van der Waals surface area contributed by atoms with E-state index in [4.69, 9.17) is 14.2 Å².